The van der Waals surface area contributed by atoms with Crippen molar-refractivity contribution < 1.29 is 9.32 Å². The molecule has 2 aliphatic rings. The summed E-state index contributed by atoms with van der Waals surface area (Å²) in [4.78, 5) is 22.3. The molecule has 2 fully saturated rings. The summed E-state index contributed by atoms with van der Waals surface area (Å²) in [5, 5.41) is 8.94. The average molecular weight is 477 g/mol. The van der Waals surface area contributed by atoms with E-state index in [1.54, 1.807) is 0 Å². The van der Waals surface area contributed by atoms with E-state index in [9.17, 15) is 4.79 Å². The molecule has 1 saturated carbocycles. The molecule has 2 aromatic heterocycles. The number of benzene rings is 1. The Kier molecular flexibility index (Phi) is 6.49. The molecule has 35 heavy (non-hydrogen) atoms. The molecule has 1 aromatic carbocycles. The molecule has 0 atom stereocenters. The Labute approximate surface area is 207 Å². The number of carbonyl (C=O) groups excluding carboxylic acids is 1. The molecule has 0 spiro atoms. The Morgan fingerprint density at radius 1 is 1.09 bits per heavy atom. The number of carbonyl (C=O) groups is 1. The number of amides is 1. The second-order valence-electron chi connectivity index (χ2n) is 10.9. The van der Waals surface area contributed by atoms with E-state index in [0.29, 0.717) is 17.6 Å². The average Bonchev–Trinajstić information content (AvgIpc) is 3.40. The monoisotopic (exact) mass is 476 g/mol. The van der Waals surface area contributed by atoms with Crippen LogP contribution in [-0.2, 0) is 12.0 Å². The fourth-order valence-electron chi connectivity index (χ4n) is 4.61. The number of hydrogen-bond donors (Lipinski definition) is 0. The first-order chi connectivity index (χ1) is 16.8. The number of aromatic nitrogens is 4. The van der Waals surface area contributed by atoms with E-state index in [4.69, 9.17) is 9.62 Å². The van der Waals surface area contributed by atoms with Crippen molar-refractivity contribution >= 4 is 5.91 Å². The molecule has 3 heterocycles. The molecule has 1 aliphatic carbocycles. The van der Waals surface area contributed by atoms with Gasteiger partial charge in [0.25, 0.3) is 5.91 Å². The molecule has 5 rings (SSSR count). The largest absolute Gasteiger partial charge is 0.339 e. The summed E-state index contributed by atoms with van der Waals surface area (Å²) in [6.07, 6.45) is 4.08. The SMILES string of the molecule is Cc1ccc(-c2noc(CCCN3CCN(C(=O)c4cc(C5CC5)nn4C(C)(C)C)CC3)n2)cc1. The van der Waals surface area contributed by atoms with Crippen LogP contribution < -0.4 is 0 Å². The van der Waals surface area contributed by atoms with Crippen molar-refractivity contribution in [1.82, 2.24) is 29.7 Å². The van der Waals surface area contributed by atoms with E-state index in [-0.39, 0.29) is 11.4 Å². The standard InChI is InChI=1S/C27H36N6O2/c1-19-7-9-21(10-8-19)25-28-24(35-30-25)6-5-13-31-14-16-32(17-15-31)26(34)23-18-22(20-11-12-20)29-33(23)27(2,3)4/h7-10,18,20H,5-6,11-17H2,1-4H3. The zero-order valence-electron chi connectivity index (χ0n) is 21.3. The van der Waals surface area contributed by atoms with Crippen LogP contribution in [0, 0.1) is 6.92 Å². The second kappa shape index (κ2) is 9.57. The van der Waals surface area contributed by atoms with E-state index in [1.807, 2.05) is 27.8 Å². The molecule has 186 valence electrons. The van der Waals surface area contributed by atoms with Gasteiger partial charge in [-0.05, 0) is 59.6 Å². The minimum absolute atomic E-state index is 0.105. The summed E-state index contributed by atoms with van der Waals surface area (Å²) in [7, 11) is 0. The summed E-state index contributed by atoms with van der Waals surface area (Å²) in [6.45, 7) is 12.6. The summed E-state index contributed by atoms with van der Waals surface area (Å²) < 4.78 is 7.39. The van der Waals surface area contributed by atoms with Crippen LogP contribution in [0.1, 0.15) is 73.6 Å². The first kappa shape index (κ1) is 23.7. The Bertz CT molecular complexity index is 1160. The molecule has 0 N–H and O–H groups in total. The van der Waals surface area contributed by atoms with Gasteiger partial charge in [-0.25, -0.2) is 0 Å². The molecular weight excluding hydrogens is 440 g/mol. The first-order valence-electron chi connectivity index (χ1n) is 12.8. The van der Waals surface area contributed by atoms with E-state index in [0.717, 1.165) is 62.5 Å². The number of aryl methyl sites for hydroxylation is 2. The van der Waals surface area contributed by atoms with Crippen LogP contribution in [0.5, 0.6) is 0 Å². The highest BCUT2D eigenvalue weighted by Gasteiger charge is 2.33. The number of nitrogens with zero attached hydrogens (tertiary/aromatic N) is 6. The van der Waals surface area contributed by atoms with Crippen LogP contribution in [-0.4, -0.2) is 68.4 Å². The van der Waals surface area contributed by atoms with Gasteiger partial charge >= 0.3 is 0 Å². The minimum atomic E-state index is -0.214. The molecule has 3 aromatic rings. The third-order valence-corrected chi connectivity index (χ3v) is 6.88. The van der Waals surface area contributed by atoms with Gasteiger partial charge in [0.05, 0.1) is 11.2 Å². The molecule has 0 bridgehead atoms. The zero-order chi connectivity index (χ0) is 24.6. The Hall–Kier alpha value is -3.00. The summed E-state index contributed by atoms with van der Waals surface area (Å²) in [5.41, 5.74) is 3.78. The maximum atomic E-state index is 13.4. The van der Waals surface area contributed by atoms with E-state index in [2.05, 4.69) is 54.9 Å². The first-order valence-corrected chi connectivity index (χ1v) is 12.8. The Balaban J connectivity index is 1.11. The topological polar surface area (TPSA) is 80.3 Å². The molecule has 0 radical (unpaired) electrons. The van der Waals surface area contributed by atoms with Gasteiger partial charge in [-0.15, -0.1) is 0 Å². The van der Waals surface area contributed by atoms with Crippen LogP contribution >= 0.6 is 0 Å². The lowest BCUT2D eigenvalue weighted by Gasteiger charge is -2.35. The van der Waals surface area contributed by atoms with Crippen molar-refractivity contribution in [2.75, 3.05) is 32.7 Å². The summed E-state index contributed by atoms with van der Waals surface area (Å²) >= 11 is 0. The zero-order valence-corrected chi connectivity index (χ0v) is 21.3. The molecule has 8 heteroatoms. The number of piperazine rings is 1. The van der Waals surface area contributed by atoms with Crippen molar-refractivity contribution in [3.63, 3.8) is 0 Å². The van der Waals surface area contributed by atoms with Crippen LogP contribution in [0.2, 0.25) is 0 Å². The fourth-order valence-corrected chi connectivity index (χ4v) is 4.61. The van der Waals surface area contributed by atoms with Crippen molar-refractivity contribution in [2.24, 2.45) is 0 Å². The molecule has 1 amide bonds. The highest BCUT2D eigenvalue weighted by atomic mass is 16.5. The quantitative estimate of drug-likeness (QED) is 0.507. The maximum Gasteiger partial charge on any atom is 0.272 e. The van der Waals surface area contributed by atoms with E-state index < -0.39 is 0 Å². The van der Waals surface area contributed by atoms with Crippen molar-refractivity contribution in [2.45, 2.75) is 64.8 Å². The van der Waals surface area contributed by atoms with Crippen LogP contribution in [0.25, 0.3) is 11.4 Å². The predicted octanol–water partition coefficient (Wildman–Crippen LogP) is 4.26. The van der Waals surface area contributed by atoms with Crippen LogP contribution in [0.4, 0.5) is 0 Å². The predicted molar refractivity (Wildman–Crippen MR) is 134 cm³/mol. The maximum absolute atomic E-state index is 13.4. The molecule has 1 saturated heterocycles. The van der Waals surface area contributed by atoms with Gasteiger partial charge in [0, 0.05) is 44.1 Å². The van der Waals surface area contributed by atoms with Crippen LogP contribution in [0.15, 0.2) is 34.9 Å². The van der Waals surface area contributed by atoms with Crippen molar-refractivity contribution in [1.29, 1.82) is 0 Å². The third kappa shape index (κ3) is 5.48. The van der Waals surface area contributed by atoms with Crippen LogP contribution in [0.3, 0.4) is 0 Å². The highest BCUT2D eigenvalue weighted by Crippen LogP contribution is 2.40. The lowest BCUT2D eigenvalue weighted by Crippen LogP contribution is -2.49. The van der Waals surface area contributed by atoms with Gasteiger partial charge in [0.15, 0.2) is 0 Å². The summed E-state index contributed by atoms with van der Waals surface area (Å²) in [5.74, 6) is 1.96. The normalized spacial score (nSPS) is 17.2. The number of hydrogen-bond acceptors (Lipinski definition) is 6. The fraction of sp³-hybridized carbons (Fsp3) is 0.556. The van der Waals surface area contributed by atoms with Gasteiger partial charge in [-0.1, -0.05) is 35.0 Å². The highest BCUT2D eigenvalue weighted by molar-refractivity contribution is 5.93. The molecule has 8 nitrogen and oxygen atoms in total. The Morgan fingerprint density at radius 3 is 2.46 bits per heavy atom. The molecule has 0 unspecified atom stereocenters. The van der Waals surface area contributed by atoms with Gasteiger partial charge < -0.3 is 9.42 Å². The van der Waals surface area contributed by atoms with Gasteiger partial charge in [-0.2, -0.15) is 10.1 Å². The summed E-state index contributed by atoms with van der Waals surface area (Å²) in [6, 6.07) is 10.2. The van der Waals surface area contributed by atoms with Crippen molar-refractivity contribution in [3.8, 4) is 11.4 Å². The lowest BCUT2D eigenvalue weighted by atomic mass is 10.1. The smallest absolute Gasteiger partial charge is 0.272 e. The van der Waals surface area contributed by atoms with Gasteiger partial charge in [0.1, 0.15) is 5.69 Å². The minimum Gasteiger partial charge on any atom is -0.339 e. The molecule has 1 aliphatic heterocycles. The molecular formula is C27H36N6O2. The van der Waals surface area contributed by atoms with E-state index in [1.165, 1.54) is 18.4 Å². The second-order valence-corrected chi connectivity index (χ2v) is 10.9. The van der Waals surface area contributed by atoms with E-state index >= 15 is 0 Å². The van der Waals surface area contributed by atoms with Crippen molar-refractivity contribution in [3.05, 3.63) is 53.2 Å². The number of rotatable bonds is 7. The van der Waals surface area contributed by atoms with Gasteiger partial charge in [0.2, 0.25) is 11.7 Å². The van der Waals surface area contributed by atoms with Gasteiger partial charge in [-0.3, -0.25) is 14.4 Å². The lowest BCUT2D eigenvalue weighted by molar-refractivity contribution is 0.0616. The Morgan fingerprint density at radius 2 is 1.80 bits per heavy atom. The third-order valence-electron chi connectivity index (χ3n) is 6.88.